The average Bonchev–Trinajstić information content (AvgIpc) is 1.25. The molecule has 8 heavy (non-hydrogen) atoms. The third-order valence-electron chi connectivity index (χ3n) is 0. The van der Waals surface area contributed by atoms with Gasteiger partial charge in [0.25, 0.3) is 6.08 Å². The van der Waals surface area contributed by atoms with Crippen LogP contribution in [0.4, 0.5) is 8.78 Å². The van der Waals surface area contributed by atoms with Gasteiger partial charge in [-0.25, -0.2) is 0 Å². The average molecular weight is 120 g/mol. The maximum atomic E-state index is 10.1. The van der Waals surface area contributed by atoms with E-state index in [0.29, 0.717) is 0 Å². The van der Waals surface area contributed by atoms with Gasteiger partial charge in [-0.15, -0.1) is 6.58 Å². The normalized spacial score (nSPS) is 6.50. The zero-order chi connectivity index (χ0) is 7.15. The lowest BCUT2D eigenvalue weighted by Gasteiger charge is -1.65. The molecule has 0 amide bonds. The van der Waals surface area contributed by atoms with E-state index in [-0.39, 0.29) is 0 Å². The molecule has 0 unspecified atom stereocenters. The first-order valence-electron chi connectivity index (χ1n) is 2.09. The Morgan fingerprint density at radius 1 is 1.12 bits per heavy atom. The molecule has 0 aliphatic rings. The molecule has 0 N–H and O–H groups in total. The highest BCUT2D eigenvalue weighted by molar-refractivity contribution is 4.78. The van der Waals surface area contributed by atoms with Crippen LogP contribution in [0.2, 0.25) is 0 Å². The molecule has 0 aliphatic heterocycles. The molecule has 0 aliphatic carbocycles. The lowest BCUT2D eigenvalue weighted by Crippen LogP contribution is -1.43. The van der Waals surface area contributed by atoms with Crippen LogP contribution in [0.25, 0.3) is 0 Å². The van der Waals surface area contributed by atoms with E-state index in [0.717, 1.165) is 0 Å². The van der Waals surface area contributed by atoms with Gasteiger partial charge in [0.05, 0.1) is 0 Å². The highest BCUT2D eigenvalue weighted by atomic mass is 19.3. The summed E-state index contributed by atoms with van der Waals surface area (Å²) in [6, 6.07) is 0. The largest absolute Gasteiger partial charge is 0.263 e. The molecule has 0 aromatic heterocycles. The van der Waals surface area contributed by atoms with Gasteiger partial charge in [-0.2, -0.15) is 8.78 Å². The van der Waals surface area contributed by atoms with Crippen molar-refractivity contribution in [1.82, 2.24) is 0 Å². The van der Waals surface area contributed by atoms with Crippen molar-refractivity contribution in [3.63, 3.8) is 0 Å². The highest BCUT2D eigenvalue weighted by Crippen LogP contribution is 1.85. The standard InChI is InChI=1S/C4H8.C2H2F2/c1-4(2)3;1-2(3)4/h1H2,2-3H3;1H2. The van der Waals surface area contributed by atoms with Gasteiger partial charge in [0.1, 0.15) is 0 Å². The molecular weight excluding hydrogens is 110 g/mol. The highest BCUT2D eigenvalue weighted by Gasteiger charge is 1.65. The molecule has 0 nitrogen and oxygen atoms in total. The molecule has 2 heteroatoms. The predicted octanol–water partition coefficient (Wildman–Crippen LogP) is 2.98. The zero-order valence-electron chi connectivity index (χ0n) is 5.17. The summed E-state index contributed by atoms with van der Waals surface area (Å²) in [7, 11) is 0. The van der Waals surface area contributed by atoms with Crippen molar-refractivity contribution in [2.24, 2.45) is 0 Å². The van der Waals surface area contributed by atoms with E-state index in [1.807, 2.05) is 13.8 Å². The first kappa shape index (κ1) is 10.3. The third-order valence-corrected chi connectivity index (χ3v) is 0. The van der Waals surface area contributed by atoms with Gasteiger partial charge in [-0.3, -0.25) is 0 Å². The summed E-state index contributed by atoms with van der Waals surface area (Å²) >= 11 is 0. The topological polar surface area (TPSA) is 0 Å². The molecular formula is C6H10F2. The smallest absolute Gasteiger partial charge is 0.174 e. The minimum absolute atomic E-state index is 1.17. The Morgan fingerprint density at radius 2 is 1.12 bits per heavy atom. The van der Waals surface area contributed by atoms with E-state index in [1.54, 1.807) is 0 Å². The van der Waals surface area contributed by atoms with Crippen molar-refractivity contribution >= 4 is 0 Å². The molecule has 0 aromatic carbocycles. The first-order valence-corrected chi connectivity index (χ1v) is 2.09. The zero-order valence-corrected chi connectivity index (χ0v) is 5.17. The van der Waals surface area contributed by atoms with Gasteiger partial charge < -0.3 is 0 Å². The Kier molecular flexibility index (Phi) is 8.20. The van der Waals surface area contributed by atoms with Gasteiger partial charge in [-0.1, -0.05) is 5.57 Å². The monoisotopic (exact) mass is 120 g/mol. The lowest BCUT2D eigenvalue weighted by molar-refractivity contribution is 0.426. The first-order chi connectivity index (χ1) is 3.46. The maximum absolute atomic E-state index is 10.1. The summed E-state index contributed by atoms with van der Waals surface area (Å²) in [4.78, 5) is 0. The molecule has 0 radical (unpaired) electrons. The second-order valence-corrected chi connectivity index (χ2v) is 1.55. The summed E-state index contributed by atoms with van der Waals surface area (Å²) in [5, 5.41) is 0. The van der Waals surface area contributed by atoms with E-state index in [9.17, 15) is 8.78 Å². The van der Waals surface area contributed by atoms with Crippen molar-refractivity contribution < 1.29 is 8.78 Å². The molecule has 0 rings (SSSR count). The summed E-state index contributed by atoms with van der Waals surface area (Å²) in [5.74, 6) is 0. The van der Waals surface area contributed by atoms with Crippen molar-refractivity contribution in [1.29, 1.82) is 0 Å². The predicted molar refractivity (Wildman–Crippen MR) is 31.8 cm³/mol. The van der Waals surface area contributed by atoms with Crippen LogP contribution in [-0.4, -0.2) is 0 Å². The van der Waals surface area contributed by atoms with Crippen LogP contribution < -0.4 is 0 Å². The Labute approximate surface area is 48.5 Å². The fourth-order valence-corrected chi connectivity index (χ4v) is 0. The second-order valence-electron chi connectivity index (χ2n) is 1.55. The van der Waals surface area contributed by atoms with Crippen molar-refractivity contribution in [3.8, 4) is 0 Å². The van der Waals surface area contributed by atoms with Crippen LogP contribution in [0.5, 0.6) is 0 Å². The van der Waals surface area contributed by atoms with Crippen molar-refractivity contribution in [2.45, 2.75) is 13.8 Å². The van der Waals surface area contributed by atoms with Crippen LogP contribution in [0.1, 0.15) is 13.8 Å². The lowest BCUT2D eigenvalue weighted by atomic mass is 10.4. The molecule has 0 heterocycles. The Balaban J connectivity index is 0. The molecule has 0 aromatic rings. The number of allylic oxidation sites excluding steroid dienone is 1. The van der Waals surface area contributed by atoms with Crippen LogP contribution >= 0.6 is 0 Å². The van der Waals surface area contributed by atoms with Crippen LogP contribution in [0, 0.1) is 0 Å². The molecule has 0 saturated heterocycles. The van der Waals surface area contributed by atoms with Crippen LogP contribution in [0.15, 0.2) is 24.8 Å². The molecule has 0 fully saturated rings. The minimum Gasteiger partial charge on any atom is -0.174 e. The maximum Gasteiger partial charge on any atom is 0.263 e. The van der Waals surface area contributed by atoms with E-state index >= 15 is 0 Å². The molecule has 48 valence electrons. The number of halogens is 2. The quantitative estimate of drug-likeness (QED) is 0.431. The number of rotatable bonds is 0. The second kappa shape index (κ2) is 6.34. The summed E-state index contributed by atoms with van der Waals surface area (Å²) in [6.07, 6.45) is -1.83. The van der Waals surface area contributed by atoms with E-state index in [4.69, 9.17) is 0 Å². The SMILES string of the molecule is C=C(C)C.C=C(F)F. The Morgan fingerprint density at radius 3 is 1.12 bits per heavy atom. The third kappa shape index (κ3) is 231. The van der Waals surface area contributed by atoms with Gasteiger partial charge >= 0.3 is 0 Å². The van der Waals surface area contributed by atoms with E-state index in [2.05, 4.69) is 13.2 Å². The molecule has 0 spiro atoms. The Bertz CT molecular complexity index is 64.5. The van der Waals surface area contributed by atoms with Gasteiger partial charge in [0.15, 0.2) is 0 Å². The fraction of sp³-hybridized carbons (Fsp3) is 0.333. The molecule has 0 saturated carbocycles. The number of hydrogen-bond acceptors (Lipinski definition) is 0. The molecule has 0 bridgehead atoms. The number of hydrogen-bond donors (Lipinski definition) is 0. The fourth-order valence-electron chi connectivity index (χ4n) is 0. The van der Waals surface area contributed by atoms with Crippen molar-refractivity contribution in [2.75, 3.05) is 0 Å². The van der Waals surface area contributed by atoms with Gasteiger partial charge in [0, 0.05) is 0 Å². The Hall–Kier alpha value is -0.660. The van der Waals surface area contributed by atoms with E-state index in [1.165, 1.54) is 5.57 Å². The summed E-state index contributed by atoms with van der Waals surface area (Å²) in [6.45, 7) is 9.72. The summed E-state index contributed by atoms with van der Waals surface area (Å²) in [5.41, 5.74) is 1.17. The van der Waals surface area contributed by atoms with Gasteiger partial charge in [-0.05, 0) is 20.4 Å². The van der Waals surface area contributed by atoms with Crippen LogP contribution in [-0.2, 0) is 0 Å². The minimum atomic E-state index is -1.83. The van der Waals surface area contributed by atoms with Gasteiger partial charge in [0.2, 0.25) is 0 Å². The molecule has 0 atom stereocenters. The summed E-state index contributed by atoms with van der Waals surface area (Å²) < 4.78 is 20.3. The van der Waals surface area contributed by atoms with Crippen LogP contribution in [0.3, 0.4) is 0 Å². The van der Waals surface area contributed by atoms with Crippen molar-refractivity contribution in [3.05, 3.63) is 24.8 Å². The van der Waals surface area contributed by atoms with E-state index < -0.39 is 6.08 Å².